The van der Waals surface area contributed by atoms with Crippen molar-refractivity contribution in [1.29, 1.82) is 5.26 Å². The zero-order valence-electron chi connectivity index (χ0n) is 36.2. The molecule has 0 N–H and O–H groups in total. The van der Waals surface area contributed by atoms with Gasteiger partial charge in [-0.05, 0) is 143 Å². The summed E-state index contributed by atoms with van der Waals surface area (Å²) in [6, 6.07) is 80.7. The maximum atomic E-state index is 9.94. The van der Waals surface area contributed by atoms with Crippen molar-refractivity contribution in [2.75, 3.05) is 0 Å². The van der Waals surface area contributed by atoms with E-state index >= 15 is 0 Å². The lowest BCUT2D eigenvalue weighted by Gasteiger charge is -2.21. The molecule has 0 aliphatic rings. The topological polar surface area (TPSA) is 54.5 Å². The smallest absolute Gasteiger partial charge is 0.0992 e. The first-order valence-corrected chi connectivity index (χ1v) is 22.6. The molecular weight excluding hydrogens is 813 g/mol. The molecule has 0 atom stereocenters. The Morgan fingerprint density at radius 2 is 0.866 bits per heavy atom. The Labute approximate surface area is 386 Å². The fourth-order valence-corrected chi connectivity index (χ4v) is 10.4. The SMILES string of the molecule is N#Cc1ccc2c3ccc(-c4ccc5c(-c6cccc7ccccc67)c6cc(-c7cccc(-c8ccncc8)n7)ccc6c(-c6cccc7ccccc67)c5c4)cc3n(-c3ccccc3)c2c1. The van der Waals surface area contributed by atoms with E-state index in [-0.39, 0.29) is 0 Å². The van der Waals surface area contributed by atoms with Crippen molar-refractivity contribution in [2.45, 2.75) is 0 Å². The summed E-state index contributed by atoms with van der Waals surface area (Å²) >= 11 is 0. The summed E-state index contributed by atoms with van der Waals surface area (Å²) < 4.78 is 2.29. The van der Waals surface area contributed by atoms with Crippen LogP contribution in [0.2, 0.25) is 0 Å². The lowest BCUT2D eigenvalue weighted by Crippen LogP contribution is -1.95. The van der Waals surface area contributed by atoms with Gasteiger partial charge in [-0.1, -0.05) is 152 Å². The maximum Gasteiger partial charge on any atom is 0.0992 e. The molecule has 0 aliphatic carbocycles. The Hall–Kier alpha value is -9.17. The fraction of sp³-hybridized carbons (Fsp3) is 0. The third kappa shape index (κ3) is 6.29. The van der Waals surface area contributed by atoms with Gasteiger partial charge in [0.2, 0.25) is 0 Å². The largest absolute Gasteiger partial charge is 0.309 e. The van der Waals surface area contributed by atoms with Crippen molar-refractivity contribution in [1.82, 2.24) is 14.5 Å². The highest BCUT2D eigenvalue weighted by molar-refractivity contribution is 6.26. The van der Waals surface area contributed by atoms with Crippen LogP contribution in [0.15, 0.2) is 231 Å². The van der Waals surface area contributed by atoms with Gasteiger partial charge in [0.15, 0.2) is 0 Å². The van der Waals surface area contributed by atoms with Crippen molar-refractivity contribution in [3.63, 3.8) is 0 Å². The molecule has 0 fully saturated rings. The number of para-hydroxylation sites is 1. The molecule has 4 heteroatoms. The van der Waals surface area contributed by atoms with Crippen LogP contribution < -0.4 is 0 Å². The first kappa shape index (κ1) is 38.3. The summed E-state index contributed by atoms with van der Waals surface area (Å²) in [4.78, 5) is 9.47. The van der Waals surface area contributed by atoms with Crippen molar-refractivity contribution in [3.8, 4) is 67.7 Å². The molecule has 13 aromatic rings. The molecule has 67 heavy (non-hydrogen) atoms. The van der Waals surface area contributed by atoms with E-state index in [2.05, 4.69) is 204 Å². The van der Waals surface area contributed by atoms with Crippen molar-refractivity contribution >= 4 is 64.9 Å². The van der Waals surface area contributed by atoms with Crippen LogP contribution in [0.1, 0.15) is 5.56 Å². The highest BCUT2D eigenvalue weighted by Gasteiger charge is 2.22. The Balaban J connectivity index is 1.13. The van der Waals surface area contributed by atoms with Crippen LogP contribution in [0, 0.1) is 11.3 Å². The maximum absolute atomic E-state index is 9.94. The Kier molecular flexibility index (Phi) is 8.87. The quantitative estimate of drug-likeness (QED) is 0.157. The highest BCUT2D eigenvalue weighted by Crippen LogP contribution is 2.49. The molecule has 3 heterocycles. The number of benzene rings is 10. The minimum atomic E-state index is 0.638. The first-order valence-electron chi connectivity index (χ1n) is 22.6. The number of hydrogen-bond acceptors (Lipinski definition) is 3. The van der Waals surface area contributed by atoms with E-state index in [0.717, 1.165) is 61.1 Å². The van der Waals surface area contributed by atoms with Crippen molar-refractivity contribution in [3.05, 3.63) is 236 Å². The van der Waals surface area contributed by atoms with E-state index < -0.39 is 0 Å². The number of hydrogen-bond donors (Lipinski definition) is 0. The Morgan fingerprint density at radius 1 is 0.358 bits per heavy atom. The van der Waals surface area contributed by atoms with Gasteiger partial charge in [-0.15, -0.1) is 0 Å². The average Bonchev–Trinajstić information content (AvgIpc) is 3.73. The van der Waals surface area contributed by atoms with Crippen LogP contribution in [0.3, 0.4) is 0 Å². The van der Waals surface area contributed by atoms with Gasteiger partial charge in [-0.25, -0.2) is 4.98 Å². The Bertz CT molecular complexity index is 4150. The van der Waals surface area contributed by atoms with Crippen LogP contribution in [-0.2, 0) is 0 Å². The molecule has 0 saturated heterocycles. The summed E-state index contributed by atoms with van der Waals surface area (Å²) in [6.07, 6.45) is 3.63. The fourth-order valence-electron chi connectivity index (χ4n) is 10.4. The Morgan fingerprint density at radius 3 is 1.52 bits per heavy atom. The number of fused-ring (bicyclic) bond motifs is 7. The predicted octanol–water partition coefficient (Wildman–Crippen LogP) is 16.4. The summed E-state index contributed by atoms with van der Waals surface area (Å²) in [5, 5.41) is 21.7. The summed E-state index contributed by atoms with van der Waals surface area (Å²) in [7, 11) is 0. The van der Waals surface area contributed by atoms with Crippen LogP contribution >= 0.6 is 0 Å². The summed E-state index contributed by atoms with van der Waals surface area (Å²) in [5.41, 5.74) is 14.7. The van der Waals surface area contributed by atoms with Gasteiger partial charge in [0.25, 0.3) is 0 Å². The van der Waals surface area contributed by atoms with Gasteiger partial charge in [0, 0.05) is 40.0 Å². The molecule has 3 aromatic heterocycles. The molecule has 0 aliphatic heterocycles. The van der Waals surface area contributed by atoms with Gasteiger partial charge >= 0.3 is 0 Å². The lowest BCUT2D eigenvalue weighted by molar-refractivity contribution is 1.18. The van der Waals surface area contributed by atoms with E-state index in [1.165, 1.54) is 65.3 Å². The third-order valence-electron chi connectivity index (χ3n) is 13.5. The number of nitriles is 1. The van der Waals surface area contributed by atoms with Gasteiger partial charge in [-0.2, -0.15) is 5.26 Å². The van der Waals surface area contributed by atoms with Gasteiger partial charge in [0.1, 0.15) is 0 Å². The number of nitrogens with zero attached hydrogens (tertiary/aromatic N) is 4. The molecule has 0 bridgehead atoms. The lowest BCUT2D eigenvalue weighted by atomic mass is 9.82. The van der Waals surface area contributed by atoms with E-state index in [0.29, 0.717) is 5.56 Å². The van der Waals surface area contributed by atoms with Crippen LogP contribution in [0.5, 0.6) is 0 Å². The van der Waals surface area contributed by atoms with Crippen molar-refractivity contribution in [2.24, 2.45) is 0 Å². The second kappa shape index (κ2) is 15.5. The molecule has 10 aromatic carbocycles. The summed E-state index contributed by atoms with van der Waals surface area (Å²) in [5.74, 6) is 0. The second-order valence-corrected chi connectivity index (χ2v) is 17.2. The predicted molar refractivity (Wildman–Crippen MR) is 278 cm³/mol. The third-order valence-corrected chi connectivity index (χ3v) is 13.5. The van der Waals surface area contributed by atoms with E-state index in [1.807, 2.05) is 42.7 Å². The number of rotatable bonds is 6. The van der Waals surface area contributed by atoms with E-state index in [1.54, 1.807) is 0 Å². The molecule has 4 nitrogen and oxygen atoms in total. The first-order chi connectivity index (χ1) is 33.2. The molecule has 0 saturated carbocycles. The minimum absolute atomic E-state index is 0.638. The zero-order valence-corrected chi connectivity index (χ0v) is 36.2. The molecule has 310 valence electrons. The van der Waals surface area contributed by atoms with Gasteiger partial charge in [-0.3, -0.25) is 4.98 Å². The number of pyridine rings is 2. The highest BCUT2D eigenvalue weighted by atomic mass is 15.0. The normalized spacial score (nSPS) is 11.6. The van der Waals surface area contributed by atoms with Crippen LogP contribution in [0.4, 0.5) is 0 Å². The van der Waals surface area contributed by atoms with Crippen molar-refractivity contribution < 1.29 is 0 Å². The second-order valence-electron chi connectivity index (χ2n) is 17.2. The van der Waals surface area contributed by atoms with Gasteiger partial charge in [0.05, 0.1) is 34.1 Å². The molecule has 0 unspecified atom stereocenters. The van der Waals surface area contributed by atoms with Crippen LogP contribution in [0.25, 0.3) is 126 Å². The average molecular weight is 851 g/mol. The molecule has 0 spiro atoms. The summed E-state index contributed by atoms with van der Waals surface area (Å²) in [6.45, 7) is 0. The number of aromatic nitrogens is 3. The zero-order chi connectivity index (χ0) is 44.4. The van der Waals surface area contributed by atoms with Crippen LogP contribution in [-0.4, -0.2) is 14.5 Å². The van der Waals surface area contributed by atoms with E-state index in [4.69, 9.17) is 4.98 Å². The van der Waals surface area contributed by atoms with E-state index in [9.17, 15) is 5.26 Å². The molecular formula is C63H38N4. The van der Waals surface area contributed by atoms with Gasteiger partial charge < -0.3 is 4.57 Å². The molecule has 13 rings (SSSR count). The monoisotopic (exact) mass is 850 g/mol. The molecule has 0 radical (unpaired) electrons. The molecule has 0 amide bonds. The standard InChI is InChI=1S/C63H38N4/c64-39-40-23-27-50-51-28-24-45(38-61(51)67(60(50)35-40)47-15-2-1-3-16-47)44-25-29-54-56(36-44)62(52-19-8-13-41-11-4-6-17-48(41)52)55-30-26-46(59-22-10-21-58(66-59)43-31-33-65-34-32-43)37-57(55)63(54)53-20-9-14-42-12-5-7-18-49(42)53/h1-38H. The minimum Gasteiger partial charge on any atom is -0.309 e.